The van der Waals surface area contributed by atoms with Gasteiger partial charge in [0.05, 0.1) is 39.9 Å². The van der Waals surface area contributed by atoms with Gasteiger partial charge in [0.15, 0.2) is 0 Å². The molecule has 0 aromatic rings. The number of hydrogen-bond acceptors (Lipinski definition) is 6. The van der Waals surface area contributed by atoms with E-state index in [-0.39, 0.29) is 12.5 Å². The van der Waals surface area contributed by atoms with Crippen LogP contribution in [0.2, 0.25) is 0 Å². The Morgan fingerprint density at radius 1 is 0.531 bits per heavy atom. The lowest BCUT2D eigenvalue weighted by atomic mass is 10.0. The standard InChI is InChI=1S/C55H107N2O6P/c1-6-8-10-12-14-16-18-19-20-21-22-23-24-25-26-27-28-29-30-31-32-33-34-35-36-37-39-40-42-44-46-48-54(58)53(52-63-64(60,61)62-51-50-57(3,4)5)56-55(59)49-47-45-43-41-38-17-15-13-11-9-7-2/h34-35,39-40,46,48,53-54,58H,6-33,36-38,41-45,47,49-52H2,1-5H3,(H-,56,59,60,61)/b35-34+,40-39+,48-46+. The van der Waals surface area contributed by atoms with Crippen LogP contribution < -0.4 is 10.2 Å². The molecule has 0 aromatic carbocycles. The number of nitrogens with zero attached hydrogens (tertiary/aromatic N) is 1. The van der Waals surface area contributed by atoms with E-state index in [1.165, 1.54) is 193 Å². The molecule has 0 fully saturated rings. The molecule has 2 N–H and O–H groups in total. The number of likely N-dealkylation sites (N-methyl/N-ethyl adjacent to an activating group) is 1. The molecule has 0 bridgehead atoms. The van der Waals surface area contributed by atoms with E-state index in [2.05, 4.69) is 43.5 Å². The molecule has 0 aromatic heterocycles. The zero-order chi connectivity index (χ0) is 47.1. The number of carbonyl (C=O) groups excluding carboxylic acids is 1. The SMILES string of the molecule is CCCCCCCCCCCCCCCCCCCCCCC/C=C/CC/C=C/CC/C=C/C(O)C(COP(=O)([O-])OCC[N+](C)(C)C)NC(=O)CCCCCCCCCCCCC. The molecule has 0 heterocycles. The summed E-state index contributed by atoms with van der Waals surface area (Å²) < 4.78 is 23.2. The highest BCUT2D eigenvalue weighted by molar-refractivity contribution is 7.45. The Bertz CT molecular complexity index is 1140. The number of rotatable bonds is 50. The topological polar surface area (TPSA) is 108 Å². The number of amides is 1. The summed E-state index contributed by atoms with van der Waals surface area (Å²) >= 11 is 0. The maximum atomic E-state index is 12.8. The third-order valence-corrected chi connectivity index (χ3v) is 13.3. The smallest absolute Gasteiger partial charge is 0.268 e. The van der Waals surface area contributed by atoms with Gasteiger partial charge in [-0.25, -0.2) is 0 Å². The Morgan fingerprint density at radius 2 is 0.875 bits per heavy atom. The van der Waals surface area contributed by atoms with Crippen molar-refractivity contribution in [1.82, 2.24) is 5.32 Å². The summed E-state index contributed by atoms with van der Waals surface area (Å²) in [4.78, 5) is 25.3. The predicted octanol–water partition coefficient (Wildman–Crippen LogP) is 15.6. The normalized spacial score (nSPS) is 14.3. The van der Waals surface area contributed by atoms with Crippen molar-refractivity contribution in [3.8, 4) is 0 Å². The van der Waals surface area contributed by atoms with E-state index in [4.69, 9.17) is 9.05 Å². The highest BCUT2D eigenvalue weighted by atomic mass is 31.2. The first-order valence-electron chi connectivity index (χ1n) is 27.4. The number of quaternary nitrogens is 1. The van der Waals surface area contributed by atoms with Crippen LogP contribution in [0.15, 0.2) is 36.5 Å². The second kappa shape index (κ2) is 46.8. The molecule has 0 radical (unpaired) electrons. The maximum absolute atomic E-state index is 12.8. The van der Waals surface area contributed by atoms with E-state index in [0.717, 1.165) is 44.9 Å². The molecule has 0 saturated heterocycles. The molecule has 64 heavy (non-hydrogen) atoms. The van der Waals surface area contributed by atoms with E-state index in [1.54, 1.807) is 6.08 Å². The Kier molecular flexibility index (Phi) is 45.9. The predicted molar refractivity (Wildman–Crippen MR) is 275 cm³/mol. The summed E-state index contributed by atoms with van der Waals surface area (Å²) in [7, 11) is 1.24. The number of aliphatic hydroxyl groups excluding tert-OH is 1. The number of aliphatic hydroxyl groups is 1. The molecule has 0 spiro atoms. The molecule has 1 amide bonds. The highest BCUT2D eigenvalue weighted by Crippen LogP contribution is 2.38. The van der Waals surface area contributed by atoms with Gasteiger partial charge in [-0.1, -0.05) is 243 Å². The van der Waals surface area contributed by atoms with Crippen molar-refractivity contribution in [3.63, 3.8) is 0 Å². The summed E-state index contributed by atoms with van der Waals surface area (Å²) in [6.07, 6.45) is 59.6. The van der Waals surface area contributed by atoms with Crippen molar-refractivity contribution >= 4 is 13.7 Å². The lowest BCUT2D eigenvalue weighted by molar-refractivity contribution is -0.870. The zero-order valence-corrected chi connectivity index (χ0v) is 43.9. The number of phosphoric acid groups is 1. The largest absolute Gasteiger partial charge is 0.756 e. The van der Waals surface area contributed by atoms with E-state index in [0.29, 0.717) is 17.4 Å². The first-order chi connectivity index (χ1) is 31.0. The van der Waals surface area contributed by atoms with Crippen molar-refractivity contribution in [2.24, 2.45) is 0 Å². The fourth-order valence-electron chi connectivity index (χ4n) is 8.01. The molecule has 0 aliphatic carbocycles. The molecular formula is C55H107N2O6P. The number of nitrogens with one attached hydrogen (secondary N) is 1. The lowest BCUT2D eigenvalue weighted by Gasteiger charge is -2.29. The second-order valence-electron chi connectivity index (χ2n) is 19.9. The number of unbranched alkanes of at least 4 members (excludes halogenated alkanes) is 33. The maximum Gasteiger partial charge on any atom is 0.268 e. The molecule has 0 aliphatic rings. The molecule has 8 nitrogen and oxygen atoms in total. The monoisotopic (exact) mass is 923 g/mol. The van der Waals surface area contributed by atoms with Crippen LogP contribution >= 0.6 is 7.82 Å². The number of hydrogen-bond donors (Lipinski definition) is 2. The van der Waals surface area contributed by atoms with Gasteiger partial charge in [0.1, 0.15) is 13.2 Å². The van der Waals surface area contributed by atoms with E-state index in [1.807, 2.05) is 27.2 Å². The fraction of sp³-hybridized carbons (Fsp3) is 0.873. The van der Waals surface area contributed by atoms with E-state index in [9.17, 15) is 19.4 Å². The van der Waals surface area contributed by atoms with Crippen LogP contribution in [-0.2, 0) is 18.4 Å². The van der Waals surface area contributed by atoms with E-state index >= 15 is 0 Å². The average molecular weight is 923 g/mol. The van der Waals surface area contributed by atoms with Gasteiger partial charge in [0.2, 0.25) is 5.91 Å². The summed E-state index contributed by atoms with van der Waals surface area (Å²) in [5.74, 6) is -0.212. The van der Waals surface area contributed by atoms with Gasteiger partial charge in [-0.05, 0) is 44.9 Å². The minimum Gasteiger partial charge on any atom is -0.756 e. The Morgan fingerprint density at radius 3 is 1.27 bits per heavy atom. The second-order valence-corrected chi connectivity index (χ2v) is 21.3. The Balaban J connectivity index is 4.15. The van der Waals surface area contributed by atoms with Gasteiger partial charge in [0, 0.05) is 6.42 Å². The Labute approximate surface area is 397 Å². The molecule has 0 saturated carbocycles. The molecule has 378 valence electrons. The molecule has 0 rings (SSSR count). The van der Waals surface area contributed by atoms with Gasteiger partial charge < -0.3 is 28.8 Å². The number of phosphoric ester groups is 1. The zero-order valence-electron chi connectivity index (χ0n) is 43.0. The van der Waals surface area contributed by atoms with Crippen molar-refractivity contribution < 1.29 is 32.9 Å². The molecule has 9 heteroatoms. The van der Waals surface area contributed by atoms with Crippen LogP contribution in [0.25, 0.3) is 0 Å². The van der Waals surface area contributed by atoms with Crippen molar-refractivity contribution in [2.75, 3.05) is 40.9 Å². The summed E-state index contributed by atoms with van der Waals surface area (Å²) in [5, 5.41) is 13.8. The molecular weight excluding hydrogens is 816 g/mol. The summed E-state index contributed by atoms with van der Waals surface area (Å²) in [5.41, 5.74) is 0. The molecule has 0 aliphatic heterocycles. The summed E-state index contributed by atoms with van der Waals surface area (Å²) in [6, 6.07) is -0.906. The van der Waals surface area contributed by atoms with Crippen LogP contribution in [0.4, 0.5) is 0 Å². The average Bonchev–Trinajstić information content (AvgIpc) is 3.25. The lowest BCUT2D eigenvalue weighted by Crippen LogP contribution is -2.45. The van der Waals surface area contributed by atoms with Crippen LogP contribution in [-0.4, -0.2) is 68.5 Å². The van der Waals surface area contributed by atoms with Crippen LogP contribution in [0, 0.1) is 0 Å². The molecule has 3 atom stereocenters. The van der Waals surface area contributed by atoms with Crippen LogP contribution in [0.1, 0.15) is 258 Å². The quantitative estimate of drug-likeness (QED) is 0.0272. The first kappa shape index (κ1) is 62.7. The van der Waals surface area contributed by atoms with Gasteiger partial charge in [-0.2, -0.15) is 0 Å². The fourth-order valence-corrected chi connectivity index (χ4v) is 8.73. The number of carbonyl (C=O) groups is 1. The first-order valence-corrected chi connectivity index (χ1v) is 28.8. The van der Waals surface area contributed by atoms with Crippen LogP contribution in [0.5, 0.6) is 0 Å². The minimum atomic E-state index is -4.60. The third-order valence-electron chi connectivity index (χ3n) is 12.3. The van der Waals surface area contributed by atoms with Crippen molar-refractivity contribution in [1.29, 1.82) is 0 Å². The number of allylic oxidation sites excluding steroid dienone is 5. The van der Waals surface area contributed by atoms with Gasteiger partial charge in [-0.3, -0.25) is 9.36 Å². The van der Waals surface area contributed by atoms with Gasteiger partial charge >= 0.3 is 0 Å². The van der Waals surface area contributed by atoms with Crippen LogP contribution in [0.3, 0.4) is 0 Å². The molecule has 3 unspecified atom stereocenters. The van der Waals surface area contributed by atoms with Crippen molar-refractivity contribution in [2.45, 2.75) is 270 Å². The minimum absolute atomic E-state index is 0.00783. The van der Waals surface area contributed by atoms with Gasteiger partial charge in [0.25, 0.3) is 7.82 Å². The van der Waals surface area contributed by atoms with Crippen molar-refractivity contribution in [3.05, 3.63) is 36.5 Å². The third kappa shape index (κ3) is 48.6. The Hall–Kier alpha value is -1.28. The summed E-state index contributed by atoms with van der Waals surface area (Å²) in [6.45, 7) is 4.62. The highest BCUT2D eigenvalue weighted by Gasteiger charge is 2.23. The van der Waals surface area contributed by atoms with Gasteiger partial charge in [-0.15, -0.1) is 0 Å². The van der Waals surface area contributed by atoms with E-state index < -0.39 is 26.6 Å².